The van der Waals surface area contributed by atoms with Gasteiger partial charge < -0.3 is 15.1 Å². The normalized spacial score (nSPS) is 29.6. The summed E-state index contributed by atoms with van der Waals surface area (Å²) in [6.45, 7) is 15.5. The zero-order valence-electron chi connectivity index (χ0n) is 13.9. The van der Waals surface area contributed by atoms with Gasteiger partial charge in [-0.3, -0.25) is 0 Å². The second kappa shape index (κ2) is 8.35. The van der Waals surface area contributed by atoms with Crippen LogP contribution in [0.1, 0.15) is 46.5 Å². The van der Waals surface area contributed by atoms with Crippen LogP contribution in [0.25, 0.3) is 0 Å². The van der Waals surface area contributed by atoms with Crippen molar-refractivity contribution in [1.29, 1.82) is 0 Å². The Kier molecular flexibility index (Phi) is 6.79. The first-order valence-electron chi connectivity index (χ1n) is 8.96. The molecule has 3 unspecified atom stereocenters. The van der Waals surface area contributed by atoms with Crippen molar-refractivity contribution in [2.24, 2.45) is 11.8 Å². The Bertz CT molecular complexity index is 265. The maximum Gasteiger partial charge on any atom is 0.0226 e. The van der Waals surface area contributed by atoms with Crippen molar-refractivity contribution in [3.8, 4) is 0 Å². The summed E-state index contributed by atoms with van der Waals surface area (Å²) >= 11 is 0. The fourth-order valence-corrected chi connectivity index (χ4v) is 4.22. The van der Waals surface area contributed by atoms with Gasteiger partial charge in [-0.1, -0.05) is 27.2 Å². The van der Waals surface area contributed by atoms with E-state index in [2.05, 4.69) is 35.9 Å². The van der Waals surface area contributed by atoms with Gasteiger partial charge in [-0.15, -0.1) is 0 Å². The van der Waals surface area contributed by atoms with Gasteiger partial charge in [-0.05, 0) is 70.4 Å². The fraction of sp³-hybridized carbons (Fsp3) is 1.00. The maximum atomic E-state index is 3.79. The average Bonchev–Trinajstić information content (AvgIpc) is 3.07. The van der Waals surface area contributed by atoms with E-state index in [1.165, 1.54) is 71.5 Å². The molecule has 2 fully saturated rings. The molecule has 1 saturated heterocycles. The van der Waals surface area contributed by atoms with E-state index in [4.69, 9.17) is 0 Å². The summed E-state index contributed by atoms with van der Waals surface area (Å²) in [7, 11) is 0. The third-order valence-electron chi connectivity index (χ3n) is 5.62. The largest absolute Gasteiger partial charge is 0.312 e. The molecule has 3 heteroatoms. The van der Waals surface area contributed by atoms with Gasteiger partial charge in [-0.2, -0.15) is 0 Å². The minimum atomic E-state index is 0.774. The molecular formula is C17H35N3. The Labute approximate surface area is 126 Å². The van der Waals surface area contributed by atoms with Crippen molar-refractivity contribution in [3.63, 3.8) is 0 Å². The highest BCUT2D eigenvalue weighted by Gasteiger charge is 2.39. The van der Waals surface area contributed by atoms with E-state index in [9.17, 15) is 0 Å². The summed E-state index contributed by atoms with van der Waals surface area (Å²) < 4.78 is 0. The lowest BCUT2D eigenvalue weighted by Gasteiger charge is -2.28. The topological polar surface area (TPSA) is 18.5 Å². The molecule has 0 aromatic rings. The van der Waals surface area contributed by atoms with Crippen LogP contribution in [0, 0.1) is 11.8 Å². The lowest BCUT2D eigenvalue weighted by atomic mass is 9.94. The van der Waals surface area contributed by atoms with Crippen LogP contribution < -0.4 is 5.32 Å². The summed E-state index contributed by atoms with van der Waals surface area (Å²) in [5.41, 5.74) is 0. The van der Waals surface area contributed by atoms with Gasteiger partial charge >= 0.3 is 0 Å². The van der Waals surface area contributed by atoms with E-state index in [1.807, 2.05) is 0 Å². The minimum Gasteiger partial charge on any atom is -0.312 e. The van der Waals surface area contributed by atoms with Crippen molar-refractivity contribution in [1.82, 2.24) is 15.1 Å². The molecule has 0 radical (unpaired) electrons. The summed E-state index contributed by atoms with van der Waals surface area (Å²) in [5.74, 6) is 1.97. The molecule has 1 saturated carbocycles. The highest BCUT2D eigenvalue weighted by atomic mass is 15.2. The highest BCUT2D eigenvalue weighted by Crippen LogP contribution is 2.37. The molecule has 0 aromatic carbocycles. The molecule has 2 aliphatic rings. The molecule has 0 spiro atoms. The monoisotopic (exact) mass is 281 g/mol. The van der Waals surface area contributed by atoms with E-state index in [-0.39, 0.29) is 0 Å². The van der Waals surface area contributed by atoms with Gasteiger partial charge in [0.15, 0.2) is 0 Å². The smallest absolute Gasteiger partial charge is 0.0226 e. The van der Waals surface area contributed by atoms with Crippen LogP contribution in [0.2, 0.25) is 0 Å². The van der Waals surface area contributed by atoms with Crippen LogP contribution in [-0.2, 0) is 0 Å². The molecule has 118 valence electrons. The predicted octanol–water partition coefficient (Wildman–Crippen LogP) is 2.43. The number of hydrogen-bond acceptors (Lipinski definition) is 3. The summed E-state index contributed by atoms with van der Waals surface area (Å²) in [6.07, 6.45) is 5.74. The third kappa shape index (κ3) is 4.19. The highest BCUT2D eigenvalue weighted by molar-refractivity contribution is 4.95. The second-order valence-electron chi connectivity index (χ2n) is 6.64. The Hall–Kier alpha value is -0.120. The molecule has 1 heterocycles. The van der Waals surface area contributed by atoms with E-state index in [0.717, 1.165) is 17.9 Å². The van der Waals surface area contributed by atoms with Crippen LogP contribution in [0.15, 0.2) is 0 Å². The van der Waals surface area contributed by atoms with Gasteiger partial charge in [0.1, 0.15) is 0 Å². The van der Waals surface area contributed by atoms with Crippen molar-refractivity contribution < 1.29 is 0 Å². The zero-order valence-corrected chi connectivity index (χ0v) is 13.9. The van der Waals surface area contributed by atoms with Gasteiger partial charge in [0, 0.05) is 12.6 Å². The van der Waals surface area contributed by atoms with Crippen LogP contribution in [0.4, 0.5) is 0 Å². The fourth-order valence-electron chi connectivity index (χ4n) is 4.22. The maximum absolute atomic E-state index is 3.79. The average molecular weight is 281 g/mol. The molecule has 0 amide bonds. The predicted molar refractivity (Wildman–Crippen MR) is 87.1 cm³/mol. The molecule has 3 atom stereocenters. The number of fused-ring (bicyclic) bond motifs is 1. The zero-order chi connectivity index (χ0) is 14.4. The molecule has 1 aliphatic carbocycles. The van der Waals surface area contributed by atoms with Gasteiger partial charge in [-0.25, -0.2) is 0 Å². The summed E-state index contributed by atoms with van der Waals surface area (Å²) in [6, 6.07) is 0.774. The molecule has 1 aliphatic heterocycles. The molecular weight excluding hydrogens is 246 g/mol. The van der Waals surface area contributed by atoms with E-state index in [1.54, 1.807) is 0 Å². The van der Waals surface area contributed by atoms with Gasteiger partial charge in [0.2, 0.25) is 0 Å². The van der Waals surface area contributed by atoms with Crippen molar-refractivity contribution in [2.75, 3.05) is 45.8 Å². The first-order chi connectivity index (χ1) is 9.78. The first kappa shape index (κ1) is 16.3. The summed E-state index contributed by atoms with van der Waals surface area (Å²) in [5, 5.41) is 3.79. The third-order valence-corrected chi connectivity index (χ3v) is 5.62. The number of rotatable bonds is 9. The minimum absolute atomic E-state index is 0.774. The molecule has 2 rings (SSSR count). The van der Waals surface area contributed by atoms with Crippen LogP contribution >= 0.6 is 0 Å². The molecule has 0 aromatic heterocycles. The standard InChI is InChI=1S/C17H35N3/c1-4-19(5-2)11-8-12-20(6-3)14-17-16-10-7-9-15(16)13-18-17/h15-18H,4-14H2,1-3H3. The van der Waals surface area contributed by atoms with E-state index >= 15 is 0 Å². The quantitative estimate of drug-likeness (QED) is 0.700. The number of nitrogens with one attached hydrogen (secondary N) is 1. The second-order valence-corrected chi connectivity index (χ2v) is 6.64. The van der Waals surface area contributed by atoms with Crippen molar-refractivity contribution in [2.45, 2.75) is 52.5 Å². The summed E-state index contributed by atoms with van der Waals surface area (Å²) in [4.78, 5) is 5.20. The number of nitrogens with zero attached hydrogens (tertiary/aromatic N) is 2. The van der Waals surface area contributed by atoms with Gasteiger partial charge in [0.25, 0.3) is 0 Å². The van der Waals surface area contributed by atoms with Gasteiger partial charge in [0.05, 0.1) is 0 Å². The SMILES string of the molecule is CCN(CC)CCCN(CC)CC1NCC2CCCC21. The Morgan fingerprint density at radius 2 is 1.65 bits per heavy atom. The van der Waals surface area contributed by atoms with Crippen LogP contribution in [0.5, 0.6) is 0 Å². The molecule has 0 bridgehead atoms. The Morgan fingerprint density at radius 1 is 0.950 bits per heavy atom. The van der Waals surface area contributed by atoms with Crippen molar-refractivity contribution >= 4 is 0 Å². The first-order valence-corrected chi connectivity index (χ1v) is 8.96. The van der Waals surface area contributed by atoms with Crippen molar-refractivity contribution in [3.05, 3.63) is 0 Å². The van der Waals surface area contributed by atoms with E-state index in [0.29, 0.717) is 0 Å². The van der Waals surface area contributed by atoms with Crippen LogP contribution in [0.3, 0.4) is 0 Å². The Morgan fingerprint density at radius 3 is 2.35 bits per heavy atom. The Balaban J connectivity index is 1.69. The molecule has 1 N–H and O–H groups in total. The van der Waals surface area contributed by atoms with Crippen LogP contribution in [-0.4, -0.2) is 61.7 Å². The number of hydrogen-bond donors (Lipinski definition) is 1. The van der Waals surface area contributed by atoms with E-state index < -0.39 is 0 Å². The number of likely N-dealkylation sites (N-methyl/N-ethyl adjacent to an activating group) is 1. The molecule has 3 nitrogen and oxygen atoms in total. The lowest BCUT2D eigenvalue weighted by molar-refractivity contribution is 0.214. The molecule has 20 heavy (non-hydrogen) atoms. The lowest BCUT2D eigenvalue weighted by Crippen LogP contribution is -2.41.